The van der Waals surface area contributed by atoms with Gasteiger partial charge in [0.2, 0.25) is 5.91 Å². The van der Waals surface area contributed by atoms with Crippen molar-refractivity contribution >= 4 is 17.5 Å². The predicted octanol–water partition coefficient (Wildman–Crippen LogP) is 1.98. The fourth-order valence-electron chi connectivity index (χ4n) is 2.58. The molecule has 0 aliphatic carbocycles. The predicted molar refractivity (Wildman–Crippen MR) is 86.5 cm³/mol. The molecular formula is C16H24ClN3O. The van der Waals surface area contributed by atoms with Crippen LogP contribution in [0, 0.1) is 0 Å². The highest BCUT2D eigenvalue weighted by molar-refractivity contribution is 6.30. The fourth-order valence-corrected chi connectivity index (χ4v) is 2.70. The molecule has 0 spiro atoms. The molecule has 0 saturated carbocycles. The number of benzene rings is 1. The first-order valence-corrected chi connectivity index (χ1v) is 7.96. The molecule has 1 saturated heterocycles. The molecule has 1 aliphatic heterocycles. The van der Waals surface area contributed by atoms with E-state index in [9.17, 15) is 4.79 Å². The molecule has 0 radical (unpaired) electrons. The molecule has 4 nitrogen and oxygen atoms in total. The second-order valence-corrected chi connectivity index (χ2v) is 5.93. The van der Waals surface area contributed by atoms with Gasteiger partial charge in [-0.15, -0.1) is 0 Å². The number of hydrogen-bond acceptors (Lipinski definition) is 3. The van der Waals surface area contributed by atoms with Gasteiger partial charge in [0.25, 0.3) is 0 Å². The molecular weight excluding hydrogens is 286 g/mol. The van der Waals surface area contributed by atoms with E-state index in [0.717, 1.165) is 50.7 Å². The van der Waals surface area contributed by atoms with Crippen LogP contribution in [0.4, 0.5) is 0 Å². The van der Waals surface area contributed by atoms with Crippen molar-refractivity contribution in [2.24, 2.45) is 0 Å². The van der Waals surface area contributed by atoms with E-state index >= 15 is 0 Å². The SMILES string of the molecule is CNCCCC(=O)N1CCN(Cc2ccc(Cl)cc2)CC1. The summed E-state index contributed by atoms with van der Waals surface area (Å²) >= 11 is 5.90. The van der Waals surface area contributed by atoms with Gasteiger partial charge >= 0.3 is 0 Å². The molecule has 0 unspecified atom stereocenters. The van der Waals surface area contributed by atoms with Gasteiger partial charge in [0, 0.05) is 44.2 Å². The smallest absolute Gasteiger partial charge is 0.222 e. The molecule has 21 heavy (non-hydrogen) atoms. The number of carbonyl (C=O) groups excluding carboxylic acids is 1. The Labute approximate surface area is 132 Å². The monoisotopic (exact) mass is 309 g/mol. The Morgan fingerprint density at radius 3 is 2.48 bits per heavy atom. The maximum Gasteiger partial charge on any atom is 0.222 e. The van der Waals surface area contributed by atoms with Crippen molar-refractivity contribution in [2.45, 2.75) is 19.4 Å². The minimum Gasteiger partial charge on any atom is -0.340 e. The molecule has 2 rings (SSSR count). The maximum absolute atomic E-state index is 12.0. The summed E-state index contributed by atoms with van der Waals surface area (Å²) in [6.07, 6.45) is 1.57. The van der Waals surface area contributed by atoms with Crippen LogP contribution in [0.15, 0.2) is 24.3 Å². The molecule has 116 valence electrons. The lowest BCUT2D eigenvalue weighted by Crippen LogP contribution is -2.48. The van der Waals surface area contributed by atoms with Crippen molar-refractivity contribution < 1.29 is 4.79 Å². The van der Waals surface area contributed by atoms with Gasteiger partial charge in [0.15, 0.2) is 0 Å². The maximum atomic E-state index is 12.0. The van der Waals surface area contributed by atoms with Crippen LogP contribution in [0.5, 0.6) is 0 Å². The third-order valence-corrected chi connectivity index (χ3v) is 4.11. The Bertz CT molecular complexity index is 441. The summed E-state index contributed by atoms with van der Waals surface area (Å²) in [6, 6.07) is 7.99. The normalized spacial score (nSPS) is 16.2. The van der Waals surface area contributed by atoms with Gasteiger partial charge in [-0.25, -0.2) is 0 Å². The van der Waals surface area contributed by atoms with E-state index in [1.54, 1.807) is 0 Å². The van der Waals surface area contributed by atoms with Crippen LogP contribution >= 0.6 is 11.6 Å². The van der Waals surface area contributed by atoms with Gasteiger partial charge in [-0.1, -0.05) is 23.7 Å². The molecule has 5 heteroatoms. The third-order valence-electron chi connectivity index (χ3n) is 3.86. The number of nitrogens with one attached hydrogen (secondary N) is 1. The van der Waals surface area contributed by atoms with E-state index in [-0.39, 0.29) is 5.91 Å². The van der Waals surface area contributed by atoms with Gasteiger partial charge in [0.05, 0.1) is 0 Å². The first-order valence-electron chi connectivity index (χ1n) is 7.58. The lowest BCUT2D eigenvalue weighted by molar-refractivity contribution is -0.133. The molecule has 1 aliphatic rings. The van der Waals surface area contributed by atoms with Gasteiger partial charge in [-0.05, 0) is 37.7 Å². The summed E-state index contributed by atoms with van der Waals surface area (Å²) in [5.41, 5.74) is 1.27. The molecule has 1 aromatic rings. The van der Waals surface area contributed by atoms with E-state index in [1.807, 2.05) is 24.1 Å². The summed E-state index contributed by atoms with van der Waals surface area (Å²) < 4.78 is 0. The summed E-state index contributed by atoms with van der Waals surface area (Å²) in [7, 11) is 1.92. The van der Waals surface area contributed by atoms with Crippen molar-refractivity contribution in [3.05, 3.63) is 34.9 Å². The Hall–Kier alpha value is -1.10. The standard InChI is InChI=1S/C16H24ClN3O/c1-18-8-2-3-16(21)20-11-9-19(10-12-20)13-14-4-6-15(17)7-5-14/h4-7,18H,2-3,8-13H2,1H3. The molecule has 0 aromatic heterocycles. The first-order chi connectivity index (χ1) is 10.2. The zero-order valence-corrected chi connectivity index (χ0v) is 13.4. The number of piperazine rings is 1. The number of amides is 1. The van der Waals surface area contributed by atoms with Gasteiger partial charge in [-0.2, -0.15) is 0 Å². The number of halogens is 1. The minimum absolute atomic E-state index is 0.288. The highest BCUT2D eigenvalue weighted by Crippen LogP contribution is 2.13. The van der Waals surface area contributed by atoms with Crippen LogP contribution in [0.2, 0.25) is 5.02 Å². The molecule has 1 aromatic carbocycles. The largest absolute Gasteiger partial charge is 0.340 e. The second kappa shape index (κ2) is 8.37. The molecule has 1 fully saturated rings. The van der Waals surface area contributed by atoms with E-state index in [0.29, 0.717) is 6.42 Å². The summed E-state index contributed by atoms with van der Waals surface area (Å²) in [4.78, 5) is 16.4. The number of nitrogens with zero attached hydrogens (tertiary/aromatic N) is 2. The Kier molecular flexibility index (Phi) is 6.49. The van der Waals surface area contributed by atoms with E-state index in [2.05, 4.69) is 22.3 Å². The minimum atomic E-state index is 0.288. The van der Waals surface area contributed by atoms with Gasteiger partial charge in [-0.3, -0.25) is 9.69 Å². The van der Waals surface area contributed by atoms with E-state index in [1.165, 1.54) is 5.56 Å². The van der Waals surface area contributed by atoms with Crippen LogP contribution in [0.3, 0.4) is 0 Å². The molecule has 1 amide bonds. The Morgan fingerprint density at radius 2 is 1.86 bits per heavy atom. The molecule has 0 bridgehead atoms. The lowest BCUT2D eigenvalue weighted by atomic mass is 10.2. The van der Waals surface area contributed by atoms with Crippen molar-refractivity contribution in [3.63, 3.8) is 0 Å². The molecule has 0 atom stereocenters. The fraction of sp³-hybridized carbons (Fsp3) is 0.562. The van der Waals surface area contributed by atoms with Crippen LogP contribution in [-0.2, 0) is 11.3 Å². The van der Waals surface area contributed by atoms with Gasteiger partial charge < -0.3 is 10.2 Å². The molecule has 1 N–H and O–H groups in total. The zero-order valence-electron chi connectivity index (χ0n) is 12.6. The Balaban J connectivity index is 1.72. The summed E-state index contributed by atoms with van der Waals surface area (Å²) in [5, 5.41) is 3.85. The van der Waals surface area contributed by atoms with Crippen molar-refractivity contribution in [3.8, 4) is 0 Å². The van der Waals surface area contributed by atoms with E-state index < -0.39 is 0 Å². The Morgan fingerprint density at radius 1 is 1.19 bits per heavy atom. The lowest BCUT2D eigenvalue weighted by Gasteiger charge is -2.34. The van der Waals surface area contributed by atoms with Crippen LogP contribution in [0.1, 0.15) is 18.4 Å². The summed E-state index contributed by atoms with van der Waals surface area (Å²) in [5.74, 6) is 0.288. The van der Waals surface area contributed by atoms with Crippen LogP contribution in [0.25, 0.3) is 0 Å². The highest BCUT2D eigenvalue weighted by atomic mass is 35.5. The quantitative estimate of drug-likeness (QED) is 0.816. The highest BCUT2D eigenvalue weighted by Gasteiger charge is 2.20. The second-order valence-electron chi connectivity index (χ2n) is 5.49. The van der Waals surface area contributed by atoms with Crippen LogP contribution in [-0.4, -0.2) is 55.5 Å². The number of rotatable bonds is 6. The summed E-state index contributed by atoms with van der Waals surface area (Å²) in [6.45, 7) is 5.40. The van der Waals surface area contributed by atoms with Crippen molar-refractivity contribution in [1.82, 2.24) is 15.1 Å². The average molecular weight is 310 g/mol. The zero-order chi connectivity index (χ0) is 15.1. The van der Waals surface area contributed by atoms with Crippen molar-refractivity contribution in [2.75, 3.05) is 39.8 Å². The van der Waals surface area contributed by atoms with E-state index in [4.69, 9.17) is 11.6 Å². The topological polar surface area (TPSA) is 35.6 Å². The van der Waals surface area contributed by atoms with Crippen molar-refractivity contribution in [1.29, 1.82) is 0 Å². The van der Waals surface area contributed by atoms with Crippen LogP contribution < -0.4 is 5.32 Å². The first kappa shape index (κ1) is 16.3. The molecule has 1 heterocycles. The average Bonchev–Trinajstić information content (AvgIpc) is 2.50. The number of carbonyl (C=O) groups is 1. The number of hydrogen-bond donors (Lipinski definition) is 1. The third kappa shape index (κ3) is 5.30. The van der Waals surface area contributed by atoms with Gasteiger partial charge in [0.1, 0.15) is 0 Å².